The lowest BCUT2D eigenvalue weighted by Crippen LogP contribution is -2.44. The van der Waals surface area contributed by atoms with E-state index in [2.05, 4.69) is 13.8 Å². The maximum Gasteiger partial charge on any atom is 0.226 e. The van der Waals surface area contributed by atoms with E-state index in [1.165, 1.54) is 0 Å². The zero-order valence-electron chi connectivity index (χ0n) is 10.9. The molecule has 1 saturated heterocycles. The highest BCUT2D eigenvalue weighted by Crippen LogP contribution is 2.25. The fourth-order valence-electron chi connectivity index (χ4n) is 2.49. The Morgan fingerprint density at radius 3 is 2.31 bits per heavy atom. The minimum Gasteiger partial charge on any atom is -0.342 e. The van der Waals surface area contributed by atoms with Gasteiger partial charge in [0.15, 0.2) is 0 Å². The Morgan fingerprint density at radius 2 is 1.94 bits per heavy atom. The Hall–Kier alpha value is -0.570. The zero-order chi connectivity index (χ0) is 12.1. The van der Waals surface area contributed by atoms with E-state index in [0.717, 1.165) is 44.2 Å². The van der Waals surface area contributed by atoms with Crippen molar-refractivity contribution in [2.45, 2.75) is 40.0 Å². The van der Waals surface area contributed by atoms with Gasteiger partial charge in [0.05, 0.1) is 5.92 Å². The monoisotopic (exact) mass is 226 g/mol. The normalized spacial score (nSPS) is 20.2. The smallest absolute Gasteiger partial charge is 0.226 e. The Kier molecular flexibility index (Phi) is 5.26. The molecule has 0 bridgehead atoms. The van der Waals surface area contributed by atoms with Crippen LogP contribution in [0.2, 0.25) is 0 Å². The summed E-state index contributed by atoms with van der Waals surface area (Å²) in [5.74, 6) is 1.85. The molecule has 1 rings (SSSR count). The summed E-state index contributed by atoms with van der Waals surface area (Å²) in [6.45, 7) is 8.93. The molecule has 3 nitrogen and oxygen atoms in total. The van der Waals surface area contributed by atoms with E-state index in [0.29, 0.717) is 6.54 Å². The summed E-state index contributed by atoms with van der Waals surface area (Å²) in [7, 11) is 0. The minimum absolute atomic E-state index is 0.0376. The summed E-state index contributed by atoms with van der Waals surface area (Å²) in [4.78, 5) is 14.1. The maximum absolute atomic E-state index is 12.1. The first-order valence-electron chi connectivity index (χ1n) is 6.59. The van der Waals surface area contributed by atoms with Gasteiger partial charge >= 0.3 is 0 Å². The first kappa shape index (κ1) is 13.5. The van der Waals surface area contributed by atoms with Crippen molar-refractivity contribution in [1.29, 1.82) is 0 Å². The van der Waals surface area contributed by atoms with Crippen LogP contribution in [0.15, 0.2) is 0 Å². The van der Waals surface area contributed by atoms with Crippen LogP contribution in [0.5, 0.6) is 0 Å². The predicted octanol–water partition coefficient (Wildman–Crippen LogP) is 1.87. The van der Waals surface area contributed by atoms with Gasteiger partial charge in [0.2, 0.25) is 5.91 Å². The molecule has 16 heavy (non-hydrogen) atoms. The van der Waals surface area contributed by atoms with E-state index in [1.54, 1.807) is 0 Å². The van der Waals surface area contributed by atoms with Gasteiger partial charge in [0.25, 0.3) is 0 Å². The summed E-state index contributed by atoms with van der Waals surface area (Å²) in [5, 5.41) is 0. The van der Waals surface area contributed by atoms with E-state index >= 15 is 0 Å². The highest BCUT2D eigenvalue weighted by molar-refractivity contribution is 5.79. The Bertz CT molecular complexity index is 216. The van der Waals surface area contributed by atoms with Crippen molar-refractivity contribution >= 4 is 5.91 Å². The minimum atomic E-state index is 0.0376. The summed E-state index contributed by atoms with van der Waals surface area (Å²) >= 11 is 0. The van der Waals surface area contributed by atoms with Crippen molar-refractivity contribution in [3.8, 4) is 0 Å². The van der Waals surface area contributed by atoms with Crippen molar-refractivity contribution in [2.75, 3.05) is 19.6 Å². The number of carbonyl (C=O) groups is 1. The van der Waals surface area contributed by atoms with Crippen LogP contribution >= 0.6 is 0 Å². The third-order valence-electron chi connectivity index (χ3n) is 3.92. The third kappa shape index (κ3) is 3.21. The first-order valence-corrected chi connectivity index (χ1v) is 6.59. The zero-order valence-corrected chi connectivity index (χ0v) is 10.9. The van der Waals surface area contributed by atoms with Gasteiger partial charge in [-0.1, -0.05) is 20.8 Å². The third-order valence-corrected chi connectivity index (χ3v) is 3.92. The van der Waals surface area contributed by atoms with Crippen molar-refractivity contribution in [3.63, 3.8) is 0 Å². The topological polar surface area (TPSA) is 46.3 Å². The van der Waals surface area contributed by atoms with Crippen LogP contribution in [-0.2, 0) is 4.79 Å². The quantitative estimate of drug-likeness (QED) is 0.795. The number of carbonyl (C=O) groups excluding carboxylic acids is 1. The molecule has 1 unspecified atom stereocenters. The lowest BCUT2D eigenvalue weighted by Gasteiger charge is -2.35. The van der Waals surface area contributed by atoms with Crippen molar-refractivity contribution in [1.82, 2.24) is 4.90 Å². The molecule has 0 aromatic rings. The Labute approximate surface area is 99.4 Å². The molecule has 0 aliphatic carbocycles. The van der Waals surface area contributed by atoms with Gasteiger partial charge in [-0.25, -0.2) is 0 Å². The lowest BCUT2D eigenvalue weighted by atomic mass is 9.86. The summed E-state index contributed by atoms with van der Waals surface area (Å²) in [5.41, 5.74) is 5.62. The predicted molar refractivity (Wildman–Crippen MR) is 67.0 cm³/mol. The van der Waals surface area contributed by atoms with Gasteiger partial charge < -0.3 is 10.6 Å². The van der Waals surface area contributed by atoms with Gasteiger partial charge in [-0.2, -0.15) is 0 Å². The molecular formula is C13H26N2O. The molecule has 3 heteroatoms. The molecule has 1 aliphatic rings. The van der Waals surface area contributed by atoms with Gasteiger partial charge in [-0.15, -0.1) is 0 Å². The molecule has 0 spiro atoms. The molecule has 94 valence electrons. The second kappa shape index (κ2) is 6.24. The summed E-state index contributed by atoms with van der Waals surface area (Å²) in [6.07, 6.45) is 3.17. The Morgan fingerprint density at radius 1 is 1.38 bits per heavy atom. The van der Waals surface area contributed by atoms with Crippen LogP contribution in [0.3, 0.4) is 0 Å². The number of hydrogen-bond donors (Lipinski definition) is 1. The van der Waals surface area contributed by atoms with E-state index in [-0.39, 0.29) is 11.8 Å². The highest BCUT2D eigenvalue weighted by Gasteiger charge is 2.27. The van der Waals surface area contributed by atoms with Crippen molar-refractivity contribution < 1.29 is 4.79 Å². The first-order chi connectivity index (χ1) is 7.60. The number of hydrogen-bond acceptors (Lipinski definition) is 2. The number of rotatable bonds is 4. The van der Waals surface area contributed by atoms with Gasteiger partial charge in [-0.3, -0.25) is 4.79 Å². The molecule has 0 saturated carbocycles. The number of amides is 1. The summed E-state index contributed by atoms with van der Waals surface area (Å²) in [6, 6.07) is 0. The van der Waals surface area contributed by atoms with Crippen LogP contribution in [0.25, 0.3) is 0 Å². The lowest BCUT2D eigenvalue weighted by molar-refractivity contribution is -0.136. The number of nitrogens with zero attached hydrogens (tertiary/aromatic N) is 1. The highest BCUT2D eigenvalue weighted by atomic mass is 16.2. The van der Waals surface area contributed by atoms with E-state index in [4.69, 9.17) is 5.73 Å². The fourth-order valence-corrected chi connectivity index (χ4v) is 2.49. The molecular weight excluding hydrogens is 200 g/mol. The van der Waals surface area contributed by atoms with Crippen molar-refractivity contribution in [2.24, 2.45) is 23.5 Å². The average molecular weight is 226 g/mol. The molecule has 2 N–H and O–H groups in total. The number of nitrogens with two attached hydrogens (primary N) is 1. The van der Waals surface area contributed by atoms with E-state index < -0.39 is 0 Å². The van der Waals surface area contributed by atoms with E-state index in [1.807, 2.05) is 11.8 Å². The second-order valence-electron chi connectivity index (χ2n) is 5.25. The molecule has 1 fully saturated rings. The van der Waals surface area contributed by atoms with Crippen LogP contribution in [0.4, 0.5) is 0 Å². The standard InChI is InChI=1S/C13H26N2O/c1-4-11(9-14)13(16)15-7-5-12(6-8-15)10(2)3/h10-12H,4-9,14H2,1-3H3. The molecule has 0 aromatic carbocycles. The Balaban J connectivity index is 2.44. The van der Waals surface area contributed by atoms with Crippen LogP contribution in [0, 0.1) is 17.8 Å². The largest absolute Gasteiger partial charge is 0.342 e. The maximum atomic E-state index is 12.1. The van der Waals surface area contributed by atoms with Crippen LogP contribution in [0.1, 0.15) is 40.0 Å². The molecule has 0 aromatic heterocycles. The molecule has 1 heterocycles. The van der Waals surface area contributed by atoms with Gasteiger partial charge in [0.1, 0.15) is 0 Å². The fraction of sp³-hybridized carbons (Fsp3) is 0.923. The SMILES string of the molecule is CCC(CN)C(=O)N1CCC(C(C)C)CC1. The van der Waals surface area contributed by atoms with Crippen LogP contribution < -0.4 is 5.73 Å². The number of piperidine rings is 1. The van der Waals surface area contributed by atoms with Crippen LogP contribution in [-0.4, -0.2) is 30.4 Å². The average Bonchev–Trinajstić information content (AvgIpc) is 2.30. The summed E-state index contributed by atoms with van der Waals surface area (Å²) < 4.78 is 0. The molecule has 1 aliphatic heterocycles. The molecule has 1 atom stereocenters. The van der Waals surface area contributed by atoms with E-state index in [9.17, 15) is 4.79 Å². The molecule has 0 radical (unpaired) electrons. The van der Waals surface area contributed by atoms with Crippen molar-refractivity contribution in [3.05, 3.63) is 0 Å². The number of likely N-dealkylation sites (tertiary alicyclic amines) is 1. The van der Waals surface area contributed by atoms with Gasteiger partial charge in [0, 0.05) is 19.6 Å². The second-order valence-corrected chi connectivity index (χ2v) is 5.25. The molecule has 1 amide bonds. The van der Waals surface area contributed by atoms with Gasteiger partial charge in [-0.05, 0) is 31.1 Å².